The molecule has 126 valence electrons. The van der Waals surface area contributed by atoms with Crippen molar-refractivity contribution in [2.24, 2.45) is 0 Å². The summed E-state index contributed by atoms with van der Waals surface area (Å²) >= 11 is 5.64. The van der Waals surface area contributed by atoms with Gasteiger partial charge in [-0.15, -0.1) is 12.4 Å². The number of methoxy groups -OCH3 is 1. The lowest BCUT2D eigenvalue weighted by molar-refractivity contribution is -0.387. The van der Waals surface area contributed by atoms with Gasteiger partial charge in [0.1, 0.15) is 0 Å². The number of nitro groups is 1. The van der Waals surface area contributed by atoms with Crippen LogP contribution in [0.15, 0.2) is 23.1 Å². The number of hydrogen-bond acceptors (Lipinski definition) is 6. The molecule has 0 spiro atoms. The Morgan fingerprint density at radius 3 is 2.59 bits per heavy atom. The summed E-state index contributed by atoms with van der Waals surface area (Å²) < 4.78 is 31.2. The minimum Gasteiger partial charge on any atom is -0.383 e. The number of rotatable bonds is 9. The third kappa shape index (κ3) is 6.42. The lowest BCUT2D eigenvalue weighted by Gasteiger charge is -2.08. The number of benzene rings is 1. The van der Waals surface area contributed by atoms with Crippen LogP contribution < -0.4 is 10.0 Å². The van der Waals surface area contributed by atoms with Gasteiger partial charge in [-0.3, -0.25) is 10.1 Å². The predicted molar refractivity (Wildman–Crippen MR) is 85.3 cm³/mol. The lowest BCUT2D eigenvalue weighted by atomic mass is 10.3. The van der Waals surface area contributed by atoms with Crippen molar-refractivity contribution >= 4 is 39.7 Å². The van der Waals surface area contributed by atoms with Crippen LogP contribution in [-0.4, -0.2) is 46.7 Å². The van der Waals surface area contributed by atoms with Crippen LogP contribution in [0.1, 0.15) is 0 Å². The minimum absolute atomic E-state index is 0. The Hall–Kier alpha value is -0.970. The molecule has 0 aliphatic heterocycles. The molecule has 0 aliphatic carbocycles. The highest BCUT2D eigenvalue weighted by Gasteiger charge is 2.25. The van der Waals surface area contributed by atoms with E-state index >= 15 is 0 Å². The molecular formula is C11H17Cl2N3O5S. The van der Waals surface area contributed by atoms with Crippen molar-refractivity contribution in [2.45, 2.75) is 4.90 Å². The van der Waals surface area contributed by atoms with Gasteiger partial charge in [0, 0.05) is 37.8 Å². The third-order valence-electron chi connectivity index (χ3n) is 2.48. The maximum atomic E-state index is 12.0. The van der Waals surface area contributed by atoms with Crippen LogP contribution in [-0.2, 0) is 14.8 Å². The van der Waals surface area contributed by atoms with Gasteiger partial charge in [0.2, 0.25) is 10.0 Å². The fraction of sp³-hybridized carbons (Fsp3) is 0.455. The molecule has 0 saturated heterocycles. The number of nitrogens with zero attached hydrogens (tertiary/aromatic N) is 1. The van der Waals surface area contributed by atoms with Crippen LogP contribution in [0.3, 0.4) is 0 Å². The second-order valence-corrected chi connectivity index (χ2v) is 6.18. The number of sulfonamides is 1. The van der Waals surface area contributed by atoms with Crippen LogP contribution in [0.4, 0.5) is 5.69 Å². The Labute approximate surface area is 139 Å². The summed E-state index contributed by atoms with van der Waals surface area (Å²) in [7, 11) is -2.41. The first-order chi connectivity index (χ1) is 9.88. The van der Waals surface area contributed by atoms with Crippen molar-refractivity contribution in [2.75, 3.05) is 33.4 Å². The standard InChI is InChI=1S/C11H16ClN3O5S.ClH/c1-20-7-6-13-4-5-14-21(18,19)11-3-2-9(12)8-10(11)15(16)17;/h2-3,8,13-14H,4-7H2,1H3;1H. The van der Waals surface area contributed by atoms with E-state index in [-0.39, 0.29) is 24.0 Å². The van der Waals surface area contributed by atoms with Crippen molar-refractivity contribution in [3.63, 3.8) is 0 Å². The summed E-state index contributed by atoms with van der Waals surface area (Å²) in [5, 5.41) is 13.9. The van der Waals surface area contributed by atoms with Gasteiger partial charge < -0.3 is 10.1 Å². The van der Waals surface area contributed by atoms with Gasteiger partial charge >= 0.3 is 0 Å². The molecule has 0 fully saturated rings. The zero-order valence-corrected chi connectivity index (χ0v) is 14.1. The first kappa shape index (κ1) is 21.0. The van der Waals surface area contributed by atoms with Gasteiger partial charge in [0.25, 0.3) is 5.69 Å². The van der Waals surface area contributed by atoms with Gasteiger partial charge in [-0.1, -0.05) is 11.6 Å². The highest BCUT2D eigenvalue weighted by molar-refractivity contribution is 7.89. The SMILES string of the molecule is COCCNCCNS(=O)(=O)c1ccc(Cl)cc1[N+](=O)[O-].Cl. The molecule has 8 nitrogen and oxygen atoms in total. The molecular weight excluding hydrogens is 357 g/mol. The highest BCUT2D eigenvalue weighted by atomic mass is 35.5. The van der Waals surface area contributed by atoms with Gasteiger partial charge in [-0.05, 0) is 12.1 Å². The number of hydrogen-bond donors (Lipinski definition) is 2. The Morgan fingerprint density at radius 1 is 1.32 bits per heavy atom. The molecule has 11 heteroatoms. The topological polar surface area (TPSA) is 111 Å². The van der Waals surface area contributed by atoms with Crippen LogP contribution >= 0.6 is 24.0 Å². The average molecular weight is 374 g/mol. The van der Waals surface area contributed by atoms with E-state index in [1.807, 2.05) is 0 Å². The maximum absolute atomic E-state index is 12.0. The van der Waals surface area contributed by atoms with Crippen LogP contribution in [0.5, 0.6) is 0 Å². The van der Waals surface area contributed by atoms with Crippen LogP contribution in [0.2, 0.25) is 5.02 Å². The fourth-order valence-corrected chi connectivity index (χ4v) is 2.86. The second kappa shape index (κ2) is 9.93. The quantitative estimate of drug-likeness (QED) is 0.382. The van der Waals surface area contributed by atoms with E-state index in [2.05, 4.69) is 10.0 Å². The van der Waals surface area contributed by atoms with Crippen LogP contribution in [0, 0.1) is 10.1 Å². The molecule has 0 saturated carbocycles. The van der Waals surface area contributed by atoms with Gasteiger partial charge in [-0.2, -0.15) is 0 Å². The third-order valence-corrected chi connectivity index (χ3v) is 4.23. The number of nitrogens with one attached hydrogen (secondary N) is 2. The summed E-state index contributed by atoms with van der Waals surface area (Å²) in [6.07, 6.45) is 0. The van der Waals surface area contributed by atoms with Crippen molar-refractivity contribution in [1.82, 2.24) is 10.0 Å². The van der Waals surface area contributed by atoms with E-state index in [4.69, 9.17) is 16.3 Å². The van der Waals surface area contributed by atoms with Crippen molar-refractivity contribution in [3.8, 4) is 0 Å². The molecule has 0 atom stereocenters. The Bertz CT molecular complexity index is 597. The lowest BCUT2D eigenvalue weighted by Crippen LogP contribution is -2.33. The summed E-state index contributed by atoms with van der Waals surface area (Å²) in [5.74, 6) is 0. The fourth-order valence-electron chi connectivity index (χ4n) is 1.51. The highest BCUT2D eigenvalue weighted by Crippen LogP contribution is 2.26. The zero-order valence-electron chi connectivity index (χ0n) is 11.7. The zero-order chi connectivity index (χ0) is 15.9. The van der Waals surface area contributed by atoms with E-state index in [1.54, 1.807) is 7.11 Å². The second-order valence-electron chi connectivity index (χ2n) is 4.01. The normalized spacial score (nSPS) is 11.0. The van der Waals surface area contributed by atoms with E-state index in [1.165, 1.54) is 6.07 Å². The Kier molecular flexibility index (Phi) is 9.49. The summed E-state index contributed by atoms with van der Waals surface area (Å²) in [4.78, 5) is 9.71. The number of ether oxygens (including phenoxy) is 1. The van der Waals surface area contributed by atoms with Crippen molar-refractivity contribution in [3.05, 3.63) is 33.3 Å². The van der Waals surface area contributed by atoms with E-state index in [0.29, 0.717) is 19.7 Å². The molecule has 1 aromatic carbocycles. The predicted octanol–water partition coefficient (Wildman–Crippen LogP) is 1.18. The summed E-state index contributed by atoms with van der Waals surface area (Å²) in [6.45, 7) is 1.57. The smallest absolute Gasteiger partial charge is 0.290 e. The van der Waals surface area contributed by atoms with E-state index in [9.17, 15) is 18.5 Å². The molecule has 0 aromatic heterocycles. The minimum atomic E-state index is -3.97. The molecule has 0 heterocycles. The van der Waals surface area contributed by atoms with Gasteiger partial charge in [0.15, 0.2) is 4.90 Å². The average Bonchev–Trinajstić information content (AvgIpc) is 2.42. The maximum Gasteiger partial charge on any atom is 0.290 e. The van der Waals surface area contributed by atoms with Crippen LogP contribution in [0.25, 0.3) is 0 Å². The monoisotopic (exact) mass is 373 g/mol. The molecule has 1 aromatic rings. The largest absolute Gasteiger partial charge is 0.383 e. The summed E-state index contributed by atoms with van der Waals surface area (Å²) in [5.41, 5.74) is -0.553. The Morgan fingerprint density at radius 2 is 2.00 bits per heavy atom. The molecule has 0 bridgehead atoms. The van der Waals surface area contributed by atoms with Gasteiger partial charge in [0.05, 0.1) is 11.5 Å². The van der Waals surface area contributed by atoms with Gasteiger partial charge in [-0.25, -0.2) is 13.1 Å². The molecule has 0 aliphatic rings. The first-order valence-corrected chi connectivity index (χ1v) is 7.88. The summed E-state index contributed by atoms with van der Waals surface area (Å²) in [6, 6.07) is 3.41. The number of nitro benzene ring substituents is 1. The number of halogens is 2. The molecule has 22 heavy (non-hydrogen) atoms. The molecule has 0 unspecified atom stereocenters. The van der Waals surface area contributed by atoms with E-state index < -0.39 is 25.5 Å². The van der Waals surface area contributed by atoms with E-state index in [0.717, 1.165) is 12.1 Å². The molecule has 2 N–H and O–H groups in total. The molecule has 1 rings (SSSR count). The molecule has 0 amide bonds. The van der Waals surface area contributed by atoms with Crippen molar-refractivity contribution < 1.29 is 18.1 Å². The van der Waals surface area contributed by atoms with Crippen molar-refractivity contribution in [1.29, 1.82) is 0 Å². The Balaban J connectivity index is 0.00000441. The first-order valence-electron chi connectivity index (χ1n) is 6.01. The molecule has 0 radical (unpaired) electrons.